The number of esters is 1. The fraction of sp³-hybridized carbons (Fsp3) is 0.524. The van der Waals surface area contributed by atoms with Gasteiger partial charge in [-0.25, -0.2) is 0 Å². The summed E-state index contributed by atoms with van der Waals surface area (Å²) in [6.45, 7) is 7.48. The van der Waals surface area contributed by atoms with Crippen molar-refractivity contribution in [1.82, 2.24) is 10.3 Å². The molecule has 0 aliphatic carbocycles. The predicted molar refractivity (Wildman–Crippen MR) is 107 cm³/mol. The lowest BCUT2D eigenvalue weighted by Crippen LogP contribution is -2.30. The SMILES string of the molecule is CCCC(C)(C)C(=O)OCNCCCCOc1ccc2ccc(=O)[nH]c2c1. The summed E-state index contributed by atoms with van der Waals surface area (Å²) in [5, 5.41) is 4.10. The van der Waals surface area contributed by atoms with Crippen LogP contribution in [0.25, 0.3) is 10.9 Å². The number of pyridine rings is 1. The van der Waals surface area contributed by atoms with Gasteiger partial charge in [-0.05, 0) is 63.2 Å². The summed E-state index contributed by atoms with van der Waals surface area (Å²) in [4.78, 5) is 26.1. The number of fused-ring (bicyclic) bond motifs is 1. The number of unbranched alkanes of at least 4 members (excludes halogenated alkanes) is 1. The van der Waals surface area contributed by atoms with Gasteiger partial charge >= 0.3 is 5.97 Å². The minimum Gasteiger partial charge on any atom is -0.494 e. The molecule has 0 aliphatic heterocycles. The maximum atomic E-state index is 12.0. The number of H-pyrrole nitrogens is 1. The van der Waals surface area contributed by atoms with Gasteiger partial charge in [-0.15, -0.1) is 0 Å². The maximum absolute atomic E-state index is 12.0. The first-order valence-corrected chi connectivity index (χ1v) is 9.56. The van der Waals surface area contributed by atoms with E-state index in [1.807, 2.05) is 32.0 Å². The molecule has 6 heteroatoms. The molecule has 0 spiro atoms. The number of carbonyl (C=O) groups excluding carboxylic acids is 1. The Morgan fingerprint density at radius 1 is 1.19 bits per heavy atom. The van der Waals surface area contributed by atoms with E-state index in [9.17, 15) is 9.59 Å². The Hall–Kier alpha value is -2.34. The van der Waals surface area contributed by atoms with Crippen LogP contribution < -0.4 is 15.6 Å². The van der Waals surface area contributed by atoms with Gasteiger partial charge in [-0.3, -0.25) is 14.9 Å². The molecule has 0 amide bonds. The minimum atomic E-state index is -0.422. The topological polar surface area (TPSA) is 80.4 Å². The largest absolute Gasteiger partial charge is 0.494 e. The summed E-state index contributed by atoms with van der Waals surface area (Å²) in [5.74, 6) is 0.582. The lowest BCUT2D eigenvalue weighted by atomic mass is 9.88. The molecule has 148 valence electrons. The molecule has 0 radical (unpaired) electrons. The molecule has 1 aromatic heterocycles. The number of hydrogen-bond acceptors (Lipinski definition) is 5. The zero-order valence-corrected chi connectivity index (χ0v) is 16.5. The van der Waals surface area contributed by atoms with Crippen molar-refractivity contribution in [2.45, 2.75) is 46.5 Å². The molecule has 0 aliphatic rings. The van der Waals surface area contributed by atoms with E-state index in [2.05, 4.69) is 17.2 Å². The summed E-state index contributed by atoms with van der Waals surface area (Å²) in [7, 11) is 0. The molecular formula is C21H30N2O4. The van der Waals surface area contributed by atoms with E-state index < -0.39 is 5.41 Å². The molecule has 2 rings (SSSR count). The summed E-state index contributed by atoms with van der Waals surface area (Å²) < 4.78 is 11.0. The Kier molecular flexibility index (Phi) is 7.85. The summed E-state index contributed by atoms with van der Waals surface area (Å²) in [5.41, 5.74) is 0.230. The monoisotopic (exact) mass is 374 g/mol. The van der Waals surface area contributed by atoms with Crippen LogP contribution >= 0.6 is 0 Å². The third-order valence-corrected chi connectivity index (χ3v) is 4.45. The van der Waals surface area contributed by atoms with Crippen molar-refractivity contribution in [2.24, 2.45) is 5.41 Å². The Labute approximate surface area is 160 Å². The fourth-order valence-electron chi connectivity index (χ4n) is 2.87. The van der Waals surface area contributed by atoms with Crippen molar-refractivity contribution in [2.75, 3.05) is 19.9 Å². The fourth-order valence-corrected chi connectivity index (χ4v) is 2.87. The molecule has 0 bridgehead atoms. The number of ether oxygens (including phenoxy) is 2. The molecule has 0 saturated heterocycles. The predicted octanol–water partition coefficient (Wildman–Crippen LogP) is 3.60. The van der Waals surface area contributed by atoms with E-state index in [-0.39, 0.29) is 18.3 Å². The van der Waals surface area contributed by atoms with Crippen LogP contribution in [0.3, 0.4) is 0 Å². The van der Waals surface area contributed by atoms with Crippen molar-refractivity contribution in [3.05, 3.63) is 40.7 Å². The lowest BCUT2D eigenvalue weighted by Gasteiger charge is -2.21. The second-order valence-corrected chi connectivity index (χ2v) is 7.34. The Balaban J connectivity index is 1.60. The molecule has 0 unspecified atom stereocenters. The van der Waals surface area contributed by atoms with Gasteiger partial charge in [-0.1, -0.05) is 13.3 Å². The number of rotatable bonds is 11. The second-order valence-electron chi connectivity index (χ2n) is 7.34. The van der Waals surface area contributed by atoms with E-state index in [0.717, 1.165) is 48.9 Å². The van der Waals surface area contributed by atoms with Crippen molar-refractivity contribution in [1.29, 1.82) is 0 Å². The minimum absolute atomic E-state index is 0.121. The quantitative estimate of drug-likeness (QED) is 0.357. The second kappa shape index (κ2) is 10.1. The van der Waals surface area contributed by atoms with Crippen LogP contribution in [0.2, 0.25) is 0 Å². The number of carbonyl (C=O) groups is 1. The van der Waals surface area contributed by atoms with E-state index in [1.165, 1.54) is 6.07 Å². The molecule has 6 nitrogen and oxygen atoms in total. The van der Waals surface area contributed by atoms with E-state index in [1.54, 1.807) is 6.07 Å². The van der Waals surface area contributed by atoms with Crippen LogP contribution in [-0.4, -0.2) is 30.8 Å². The lowest BCUT2D eigenvalue weighted by molar-refractivity contribution is -0.155. The molecule has 0 atom stereocenters. The highest BCUT2D eigenvalue weighted by molar-refractivity contribution is 5.79. The van der Waals surface area contributed by atoms with Gasteiger partial charge in [0.15, 0.2) is 0 Å². The Morgan fingerprint density at radius 2 is 1.96 bits per heavy atom. The van der Waals surface area contributed by atoms with Gasteiger partial charge in [-0.2, -0.15) is 0 Å². The number of benzene rings is 1. The van der Waals surface area contributed by atoms with Crippen molar-refractivity contribution in [3.8, 4) is 5.75 Å². The zero-order chi connectivity index (χ0) is 19.7. The van der Waals surface area contributed by atoms with Crippen LogP contribution in [-0.2, 0) is 9.53 Å². The van der Waals surface area contributed by atoms with Gasteiger partial charge in [0, 0.05) is 12.1 Å². The van der Waals surface area contributed by atoms with Gasteiger partial charge in [0.05, 0.1) is 17.5 Å². The van der Waals surface area contributed by atoms with Crippen LogP contribution in [0, 0.1) is 5.41 Å². The first-order valence-electron chi connectivity index (χ1n) is 9.56. The number of aromatic amines is 1. The van der Waals surface area contributed by atoms with Crippen molar-refractivity contribution >= 4 is 16.9 Å². The molecule has 2 aromatic rings. The van der Waals surface area contributed by atoms with Crippen LogP contribution in [0.4, 0.5) is 0 Å². The average Bonchev–Trinajstić information content (AvgIpc) is 2.63. The highest BCUT2D eigenvalue weighted by atomic mass is 16.5. The Bertz CT molecular complexity index is 798. The first-order chi connectivity index (χ1) is 12.9. The van der Waals surface area contributed by atoms with E-state index >= 15 is 0 Å². The first kappa shape index (κ1) is 21.0. The average molecular weight is 374 g/mol. The Morgan fingerprint density at radius 3 is 2.74 bits per heavy atom. The summed E-state index contributed by atoms with van der Waals surface area (Å²) in [6, 6.07) is 8.97. The number of aromatic nitrogens is 1. The summed E-state index contributed by atoms with van der Waals surface area (Å²) in [6.07, 6.45) is 3.58. The molecule has 0 saturated carbocycles. The maximum Gasteiger partial charge on any atom is 0.312 e. The van der Waals surface area contributed by atoms with Gasteiger partial charge in [0.1, 0.15) is 12.5 Å². The molecule has 1 heterocycles. The zero-order valence-electron chi connectivity index (χ0n) is 16.5. The van der Waals surface area contributed by atoms with Gasteiger partial charge in [0.2, 0.25) is 5.56 Å². The molecule has 2 N–H and O–H groups in total. The van der Waals surface area contributed by atoms with Crippen molar-refractivity contribution in [3.63, 3.8) is 0 Å². The molecule has 0 fully saturated rings. The van der Waals surface area contributed by atoms with Crippen LogP contribution in [0.1, 0.15) is 46.5 Å². The highest BCUT2D eigenvalue weighted by Gasteiger charge is 2.27. The molecule has 27 heavy (non-hydrogen) atoms. The van der Waals surface area contributed by atoms with Crippen LogP contribution in [0.15, 0.2) is 35.1 Å². The third-order valence-electron chi connectivity index (χ3n) is 4.45. The normalized spacial score (nSPS) is 11.5. The van der Waals surface area contributed by atoms with Gasteiger partial charge < -0.3 is 14.5 Å². The van der Waals surface area contributed by atoms with Gasteiger partial charge in [0.25, 0.3) is 0 Å². The molecule has 1 aromatic carbocycles. The standard InChI is InChI=1S/C21H30N2O4/c1-4-11-21(2,3)20(25)27-15-22-12-5-6-13-26-17-9-7-16-8-10-19(24)23-18(16)14-17/h7-10,14,22H,4-6,11-13,15H2,1-3H3,(H,23,24). The number of hydrogen-bond donors (Lipinski definition) is 2. The molecular weight excluding hydrogens is 344 g/mol. The van der Waals surface area contributed by atoms with Crippen molar-refractivity contribution < 1.29 is 14.3 Å². The third kappa shape index (κ3) is 6.71. The smallest absolute Gasteiger partial charge is 0.312 e. The van der Waals surface area contributed by atoms with Crippen LogP contribution in [0.5, 0.6) is 5.75 Å². The highest BCUT2D eigenvalue weighted by Crippen LogP contribution is 2.23. The van der Waals surface area contributed by atoms with E-state index in [0.29, 0.717) is 6.61 Å². The van der Waals surface area contributed by atoms with E-state index in [4.69, 9.17) is 9.47 Å². The number of nitrogens with one attached hydrogen (secondary N) is 2. The summed E-state index contributed by atoms with van der Waals surface area (Å²) >= 11 is 0.